The maximum absolute atomic E-state index is 2.34. The van der Waals surface area contributed by atoms with Gasteiger partial charge in [0.15, 0.2) is 0 Å². The summed E-state index contributed by atoms with van der Waals surface area (Å²) in [6.45, 7) is 6.63. The predicted octanol–water partition coefficient (Wildman–Crippen LogP) is 5.07. The summed E-state index contributed by atoms with van der Waals surface area (Å²) in [5, 5.41) is 0. The monoisotopic (exact) mass is 248 g/mol. The first-order valence-corrected chi connectivity index (χ1v) is 7.02. The molecule has 19 heavy (non-hydrogen) atoms. The molecule has 1 aliphatic rings. The second-order valence-corrected chi connectivity index (χ2v) is 5.69. The van der Waals surface area contributed by atoms with E-state index in [1.54, 1.807) is 0 Å². The lowest BCUT2D eigenvalue weighted by molar-refractivity contribution is 0.917. The highest BCUT2D eigenvalue weighted by molar-refractivity contribution is 5.85. The number of fused-ring (bicyclic) bond motifs is 1. The van der Waals surface area contributed by atoms with Crippen LogP contribution in [-0.2, 0) is 6.42 Å². The van der Waals surface area contributed by atoms with Crippen LogP contribution >= 0.6 is 0 Å². The van der Waals surface area contributed by atoms with Gasteiger partial charge in [0.1, 0.15) is 0 Å². The van der Waals surface area contributed by atoms with E-state index in [9.17, 15) is 0 Å². The van der Waals surface area contributed by atoms with Crippen LogP contribution in [0.4, 0.5) is 0 Å². The molecular formula is C19H20. The largest absolute Gasteiger partial charge is 0.0645 e. The second-order valence-electron chi connectivity index (χ2n) is 5.69. The van der Waals surface area contributed by atoms with Crippen LogP contribution in [0.1, 0.15) is 41.2 Å². The van der Waals surface area contributed by atoms with E-state index >= 15 is 0 Å². The molecule has 0 unspecified atom stereocenters. The lowest BCUT2D eigenvalue weighted by Gasteiger charge is -2.23. The number of allylic oxidation sites excluding steroid dienone is 1. The Bertz CT molecular complexity index is 659. The van der Waals surface area contributed by atoms with E-state index in [4.69, 9.17) is 0 Å². The Morgan fingerprint density at radius 1 is 0.789 bits per heavy atom. The first-order chi connectivity index (χ1) is 9.15. The van der Waals surface area contributed by atoms with Crippen molar-refractivity contribution >= 4 is 5.57 Å². The molecule has 1 aliphatic carbocycles. The maximum Gasteiger partial charge on any atom is -0.0119 e. The molecule has 2 aromatic carbocycles. The summed E-state index contributed by atoms with van der Waals surface area (Å²) in [5.41, 5.74) is 9.94. The molecule has 0 fully saturated rings. The third kappa shape index (κ3) is 2.23. The molecule has 96 valence electrons. The lowest BCUT2D eigenvalue weighted by Crippen LogP contribution is -2.05. The molecule has 0 spiro atoms. The number of hydrogen-bond donors (Lipinski definition) is 0. The van der Waals surface area contributed by atoms with E-state index in [2.05, 4.69) is 63.2 Å². The average Bonchev–Trinajstić information content (AvgIpc) is 2.38. The molecule has 0 bridgehead atoms. The highest BCUT2D eigenvalue weighted by Gasteiger charge is 2.17. The van der Waals surface area contributed by atoms with Crippen molar-refractivity contribution in [3.63, 3.8) is 0 Å². The summed E-state index contributed by atoms with van der Waals surface area (Å²) in [6.07, 6.45) is 2.36. The Balaban J connectivity index is 2.22. The van der Waals surface area contributed by atoms with Crippen molar-refractivity contribution in [2.24, 2.45) is 0 Å². The van der Waals surface area contributed by atoms with Crippen molar-refractivity contribution in [3.8, 4) is 0 Å². The highest BCUT2D eigenvalue weighted by atomic mass is 14.2. The number of rotatable bonds is 1. The van der Waals surface area contributed by atoms with Gasteiger partial charge in [-0.15, -0.1) is 0 Å². The molecule has 0 saturated carbocycles. The normalized spacial score (nSPS) is 14.5. The molecular weight excluding hydrogens is 228 g/mol. The van der Waals surface area contributed by atoms with Gasteiger partial charge in [-0.1, -0.05) is 59.2 Å². The van der Waals surface area contributed by atoms with Gasteiger partial charge in [-0.3, -0.25) is 0 Å². The molecule has 3 rings (SSSR count). The van der Waals surface area contributed by atoms with Crippen molar-refractivity contribution < 1.29 is 0 Å². The fraction of sp³-hybridized carbons (Fsp3) is 0.263. The van der Waals surface area contributed by atoms with E-state index in [1.807, 2.05) is 0 Å². The van der Waals surface area contributed by atoms with Crippen LogP contribution in [0.25, 0.3) is 5.57 Å². The van der Waals surface area contributed by atoms with Crippen molar-refractivity contribution in [1.29, 1.82) is 0 Å². The highest BCUT2D eigenvalue weighted by Crippen LogP contribution is 2.36. The first-order valence-electron chi connectivity index (χ1n) is 7.02. The van der Waals surface area contributed by atoms with Gasteiger partial charge < -0.3 is 0 Å². The average molecular weight is 248 g/mol. The Morgan fingerprint density at radius 3 is 2.37 bits per heavy atom. The van der Waals surface area contributed by atoms with Gasteiger partial charge in [-0.25, -0.2) is 0 Å². The van der Waals surface area contributed by atoms with Gasteiger partial charge in [0.2, 0.25) is 0 Å². The van der Waals surface area contributed by atoms with E-state index in [1.165, 1.54) is 51.8 Å². The van der Waals surface area contributed by atoms with Gasteiger partial charge >= 0.3 is 0 Å². The van der Waals surface area contributed by atoms with Gasteiger partial charge in [0.25, 0.3) is 0 Å². The molecule has 0 nitrogen and oxygen atoms in total. The molecule has 0 radical (unpaired) electrons. The second kappa shape index (κ2) is 4.70. The van der Waals surface area contributed by atoms with Crippen molar-refractivity contribution in [2.75, 3.05) is 0 Å². The summed E-state index contributed by atoms with van der Waals surface area (Å²) in [4.78, 5) is 0. The molecule has 0 aliphatic heterocycles. The fourth-order valence-corrected chi connectivity index (χ4v) is 3.02. The minimum atomic E-state index is 1.18. The molecule has 0 N–H and O–H groups in total. The van der Waals surface area contributed by atoms with Crippen LogP contribution in [0, 0.1) is 13.8 Å². The zero-order chi connectivity index (χ0) is 13.4. The van der Waals surface area contributed by atoms with Crippen molar-refractivity contribution in [3.05, 3.63) is 75.9 Å². The summed E-state index contributed by atoms with van der Waals surface area (Å²) in [6, 6.07) is 15.7. The molecule has 0 aromatic heterocycles. The predicted molar refractivity (Wildman–Crippen MR) is 82.4 cm³/mol. The topological polar surface area (TPSA) is 0 Å². The van der Waals surface area contributed by atoms with Gasteiger partial charge in [0.05, 0.1) is 0 Å². The fourth-order valence-electron chi connectivity index (χ4n) is 3.02. The summed E-state index contributed by atoms with van der Waals surface area (Å²) < 4.78 is 0. The molecule has 0 heterocycles. The molecule has 0 heteroatoms. The standard InChI is InChI=1S/C19H20/c1-13-5-4-6-17(11-13)19-15(3)8-10-16-9-7-14(2)12-18(16)19/h4-7,9,11-12H,8,10H2,1-3H3. The smallest absolute Gasteiger partial charge is 0.0119 e. The minimum absolute atomic E-state index is 1.18. The van der Waals surface area contributed by atoms with Crippen molar-refractivity contribution in [1.82, 2.24) is 0 Å². The van der Waals surface area contributed by atoms with E-state index < -0.39 is 0 Å². The third-order valence-electron chi connectivity index (χ3n) is 4.04. The van der Waals surface area contributed by atoms with E-state index in [0.29, 0.717) is 0 Å². The van der Waals surface area contributed by atoms with Crippen LogP contribution in [0.15, 0.2) is 48.0 Å². The SMILES string of the molecule is CC1=C(c2cccc(C)c2)c2cc(C)ccc2CC1. The Morgan fingerprint density at radius 2 is 1.58 bits per heavy atom. The molecule has 0 atom stereocenters. The zero-order valence-electron chi connectivity index (χ0n) is 12.0. The quantitative estimate of drug-likeness (QED) is 0.661. The van der Waals surface area contributed by atoms with E-state index in [-0.39, 0.29) is 0 Å². The molecule has 0 saturated heterocycles. The summed E-state index contributed by atoms with van der Waals surface area (Å²) in [5.74, 6) is 0. The lowest BCUT2D eigenvalue weighted by atomic mass is 9.82. The van der Waals surface area contributed by atoms with Gasteiger partial charge in [-0.05, 0) is 55.9 Å². The Hall–Kier alpha value is -1.82. The van der Waals surface area contributed by atoms with Crippen LogP contribution in [0.3, 0.4) is 0 Å². The number of benzene rings is 2. The van der Waals surface area contributed by atoms with E-state index in [0.717, 1.165) is 0 Å². The van der Waals surface area contributed by atoms with Crippen LogP contribution in [0.2, 0.25) is 0 Å². The summed E-state index contributed by atoms with van der Waals surface area (Å²) >= 11 is 0. The van der Waals surface area contributed by atoms with Gasteiger partial charge in [0, 0.05) is 0 Å². The first kappa shape index (κ1) is 12.2. The Labute approximate surface area is 115 Å². The number of aryl methyl sites for hydroxylation is 3. The van der Waals surface area contributed by atoms with Crippen LogP contribution in [0.5, 0.6) is 0 Å². The van der Waals surface area contributed by atoms with Crippen LogP contribution < -0.4 is 0 Å². The van der Waals surface area contributed by atoms with Crippen molar-refractivity contribution in [2.45, 2.75) is 33.6 Å². The number of hydrogen-bond acceptors (Lipinski definition) is 0. The minimum Gasteiger partial charge on any atom is -0.0645 e. The van der Waals surface area contributed by atoms with Gasteiger partial charge in [-0.2, -0.15) is 0 Å². The molecule has 0 amide bonds. The van der Waals surface area contributed by atoms with Crippen LogP contribution in [-0.4, -0.2) is 0 Å². The Kier molecular flexibility index (Phi) is 3.02. The zero-order valence-corrected chi connectivity index (χ0v) is 12.0. The molecule has 2 aromatic rings. The summed E-state index contributed by atoms with van der Waals surface area (Å²) in [7, 11) is 0. The maximum atomic E-state index is 2.34. The third-order valence-corrected chi connectivity index (χ3v) is 4.04.